The summed E-state index contributed by atoms with van der Waals surface area (Å²) in [5, 5.41) is 4.90. The van der Waals surface area contributed by atoms with Gasteiger partial charge in [0.05, 0.1) is 0 Å². The predicted molar refractivity (Wildman–Crippen MR) is 68.5 cm³/mol. The maximum Gasteiger partial charge on any atom is 0.220 e. The zero-order chi connectivity index (χ0) is 12.0. The molecule has 0 radical (unpaired) electrons. The van der Waals surface area contributed by atoms with E-state index in [1.165, 1.54) is 4.88 Å². The number of amides is 1. The number of nitrogens with one attached hydrogen (secondary N) is 1. The van der Waals surface area contributed by atoms with Gasteiger partial charge in [-0.25, -0.2) is 0 Å². The molecule has 0 aliphatic rings. The summed E-state index contributed by atoms with van der Waals surface area (Å²) in [5.74, 6) is 0.0927. The Kier molecular flexibility index (Phi) is 4.96. The van der Waals surface area contributed by atoms with Crippen LogP contribution in [0.4, 0.5) is 0 Å². The maximum atomic E-state index is 11.5. The fourth-order valence-corrected chi connectivity index (χ4v) is 2.04. The molecule has 4 heteroatoms. The highest BCUT2D eigenvalue weighted by molar-refractivity contribution is 7.09. The van der Waals surface area contributed by atoms with E-state index >= 15 is 0 Å². The van der Waals surface area contributed by atoms with Crippen LogP contribution in [0.3, 0.4) is 0 Å². The third-order valence-corrected chi connectivity index (χ3v) is 3.08. The van der Waals surface area contributed by atoms with Crippen LogP contribution in [0, 0.1) is 0 Å². The Labute approximate surface area is 101 Å². The summed E-state index contributed by atoms with van der Waals surface area (Å²) in [7, 11) is 0. The van der Waals surface area contributed by atoms with Gasteiger partial charge in [0.15, 0.2) is 0 Å². The molecule has 0 aliphatic heterocycles. The maximum absolute atomic E-state index is 11.5. The van der Waals surface area contributed by atoms with Crippen molar-refractivity contribution < 1.29 is 4.79 Å². The molecular weight excluding hydrogens is 220 g/mol. The second-order valence-electron chi connectivity index (χ2n) is 4.70. The van der Waals surface area contributed by atoms with Gasteiger partial charge in [-0.3, -0.25) is 4.79 Å². The number of hydrogen-bond donors (Lipinski definition) is 2. The molecule has 1 rings (SSSR count). The molecule has 1 amide bonds. The molecule has 1 heterocycles. The molecule has 1 aromatic rings. The van der Waals surface area contributed by atoms with Gasteiger partial charge in [0, 0.05) is 23.4 Å². The average molecular weight is 240 g/mol. The second kappa shape index (κ2) is 6.01. The number of carbonyl (C=O) groups is 1. The van der Waals surface area contributed by atoms with E-state index in [4.69, 9.17) is 5.73 Å². The first-order valence-electron chi connectivity index (χ1n) is 5.55. The molecule has 0 fully saturated rings. The highest BCUT2D eigenvalue weighted by Gasteiger charge is 2.11. The van der Waals surface area contributed by atoms with Crippen molar-refractivity contribution in [1.82, 2.24) is 5.32 Å². The van der Waals surface area contributed by atoms with Gasteiger partial charge in [0.2, 0.25) is 5.91 Å². The van der Waals surface area contributed by atoms with Crippen molar-refractivity contribution in [3.05, 3.63) is 22.4 Å². The molecular formula is C12H20N2OS. The van der Waals surface area contributed by atoms with Gasteiger partial charge in [0.1, 0.15) is 0 Å². The van der Waals surface area contributed by atoms with E-state index in [0.29, 0.717) is 13.0 Å². The van der Waals surface area contributed by atoms with Gasteiger partial charge in [0.25, 0.3) is 0 Å². The van der Waals surface area contributed by atoms with Gasteiger partial charge < -0.3 is 11.1 Å². The third kappa shape index (κ3) is 5.88. The van der Waals surface area contributed by atoms with Crippen LogP contribution < -0.4 is 11.1 Å². The second-order valence-corrected chi connectivity index (χ2v) is 5.73. The van der Waals surface area contributed by atoms with Crippen molar-refractivity contribution in [1.29, 1.82) is 0 Å². The summed E-state index contributed by atoms with van der Waals surface area (Å²) in [5.41, 5.74) is 5.45. The molecule has 3 N–H and O–H groups in total. The largest absolute Gasteiger partial charge is 0.354 e. The van der Waals surface area contributed by atoms with Crippen LogP contribution >= 0.6 is 11.3 Å². The fourth-order valence-electron chi connectivity index (χ4n) is 1.29. The molecule has 0 saturated carbocycles. The lowest BCUT2D eigenvalue weighted by molar-refractivity contribution is -0.121. The summed E-state index contributed by atoms with van der Waals surface area (Å²) in [6.45, 7) is 4.34. The van der Waals surface area contributed by atoms with Crippen molar-refractivity contribution in [2.24, 2.45) is 5.73 Å². The summed E-state index contributed by atoms with van der Waals surface area (Å²) < 4.78 is 0. The molecule has 1 aromatic heterocycles. The van der Waals surface area contributed by atoms with Crippen molar-refractivity contribution in [2.45, 2.75) is 38.6 Å². The van der Waals surface area contributed by atoms with E-state index in [-0.39, 0.29) is 11.4 Å². The third-order valence-electron chi connectivity index (χ3n) is 2.15. The minimum Gasteiger partial charge on any atom is -0.354 e. The molecule has 0 aromatic carbocycles. The summed E-state index contributed by atoms with van der Waals surface area (Å²) in [6.07, 6.45) is 2.46. The summed E-state index contributed by atoms with van der Waals surface area (Å²) in [4.78, 5) is 12.8. The minimum absolute atomic E-state index is 0.0927. The van der Waals surface area contributed by atoms with Crippen LogP contribution in [0.1, 0.15) is 31.6 Å². The Morgan fingerprint density at radius 2 is 2.31 bits per heavy atom. The van der Waals surface area contributed by atoms with Crippen LogP contribution in [-0.4, -0.2) is 18.0 Å². The smallest absolute Gasteiger partial charge is 0.220 e. The zero-order valence-electron chi connectivity index (χ0n) is 9.95. The number of hydrogen-bond acceptors (Lipinski definition) is 3. The SMILES string of the molecule is CC(C)(N)CNC(=O)CCCc1cccs1. The van der Waals surface area contributed by atoms with Crippen LogP contribution in [0.15, 0.2) is 17.5 Å². The van der Waals surface area contributed by atoms with Gasteiger partial charge in [-0.2, -0.15) is 0 Å². The van der Waals surface area contributed by atoms with Gasteiger partial charge >= 0.3 is 0 Å². The van der Waals surface area contributed by atoms with E-state index in [1.54, 1.807) is 11.3 Å². The molecule has 90 valence electrons. The van der Waals surface area contributed by atoms with Crippen molar-refractivity contribution in [3.8, 4) is 0 Å². The van der Waals surface area contributed by atoms with Gasteiger partial charge in [-0.15, -0.1) is 11.3 Å². The van der Waals surface area contributed by atoms with E-state index in [2.05, 4.69) is 16.8 Å². The quantitative estimate of drug-likeness (QED) is 0.798. The highest BCUT2D eigenvalue weighted by Crippen LogP contribution is 2.11. The molecule has 0 bridgehead atoms. The Morgan fingerprint density at radius 3 is 2.88 bits per heavy atom. The van der Waals surface area contributed by atoms with Gasteiger partial charge in [-0.1, -0.05) is 6.07 Å². The van der Waals surface area contributed by atoms with Crippen molar-refractivity contribution in [3.63, 3.8) is 0 Å². The lowest BCUT2D eigenvalue weighted by atomic mass is 10.1. The Morgan fingerprint density at radius 1 is 1.56 bits per heavy atom. The number of carbonyl (C=O) groups excluding carboxylic acids is 1. The molecule has 0 aliphatic carbocycles. The molecule has 0 atom stereocenters. The van der Waals surface area contributed by atoms with E-state index in [9.17, 15) is 4.79 Å². The zero-order valence-corrected chi connectivity index (χ0v) is 10.8. The number of aryl methyl sites for hydroxylation is 1. The Bertz CT molecular complexity index is 314. The predicted octanol–water partition coefficient (Wildman–Crippen LogP) is 1.92. The van der Waals surface area contributed by atoms with Crippen LogP contribution in [0.2, 0.25) is 0 Å². The Hall–Kier alpha value is -0.870. The molecule has 0 saturated heterocycles. The standard InChI is InChI=1S/C12H20N2OS/c1-12(2,13)9-14-11(15)7-3-5-10-6-4-8-16-10/h4,6,8H,3,5,7,9,13H2,1-2H3,(H,14,15). The van der Waals surface area contributed by atoms with Crippen molar-refractivity contribution >= 4 is 17.2 Å². The van der Waals surface area contributed by atoms with Crippen molar-refractivity contribution in [2.75, 3.05) is 6.54 Å². The first-order valence-corrected chi connectivity index (χ1v) is 6.43. The minimum atomic E-state index is -0.330. The van der Waals surface area contributed by atoms with Crippen LogP contribution in [-0.2, 0) is 11.2 Å². The van der Waals surface area contributed by atoms with E-state index in [0.717, 1.165) is 12.8 Å². The monoisotopic (exact) mass is 240 g/mol. The summed E-state index contributed by atoms with van der Waals surface area (Å²) in [6, 6.07) is 4.14. The lowest BCUT2D eigenvalue weighted by Crippen LogP contribution is -2.45. The van der Waals surface area contributed by atoms with E-state index in [1.807, 2.05) is 19.9 Å². The van der Waals surface area contributed by atoms with Crippen LogP contribution in [0.25, 0.3) is 0 Å². The molecule has 0 unspecified atom stereocenters. The number of thiophene rings is 1. The Balaban J connectivity index is 2.11. The van der Waals surface area contributed by atoms with E-state index < -0.39 is 0 Å². The first kappa shape index (κ1) is 13.2. The van der Waals surface area contributed by atoms with Crippen LogP contribution in [0.5, 0.6) is 0 Å². The number of nitrogens with two attached hydrogens (primary N) is 1. The lowest BCUT2D eigenvalue weighted by Gasteiger charge is -2.18. The topological polar surface area (TPSA) is 55.1 Å². The first-order chi connectivity index (χ1) is 7.47. The molecule has 3 nitrogen and oxygen atoms in total. The summed E-state index contributed by atoms with van der Waals surface area (Å²) >= 11 is 1.74. The molecule has 0 spiro atoms. The van der Waals surface area contributed by atoms with Gasteiger partial charge in [-0.05, 0) is 38.1 Å². The molecule has 16 heavy (non-hydrogen) atoms. The highest BCUT2D eigenvalue weighted by atomic mass is 32.1. The fraction of sp³-hybridized carbons (Fsp3) is 0.583. The number of rotatable bonds is 6. The average Bonchev–Trinajstić information content (AvgIpc) is 2.66. The normalized spacial score (nSPS) is 11.4.